The molecule has 4 nitrogen and oxygen atoms in total. The largest absolute Gasteiger partial charge is 0.382 e. The normalized spacial score (nSPS) is 17.4. The van der Waals surface area contributed by atoms with E-state index in [1.807, 2.05) is 24.3 Å². The molecule has 0 atom stereocenters. The lowest BCUT2D eigenvalue weighted by molar-refractivity contribution is 0.0963. The Bertz CT molecular complexity index is 394. The van der Waals surface area contributed by atoms with Crippen LogP contribution in [0.1, 0.15) is 23.2 Å². The third-order valence-corrected chi connectivity index (χ3v) is 3.46. The quantitative estimate of drug-likeness (QED) is 0.852. The molecule has 0 unspecified atom stereocenters. The first-order chi connectivity index (χ1) is 8.69. The highest BCUT2D eigenvalue weighted by Crippen LogP contribution is 2.16. The lowest BCUT2D eigenvalue weighted by Gasteiger charge is -2.30. The Balaban J connectivity index is 1.92. The van der Waals surface area contributed by atoms with Gasteiger partial charge in [0.25, 0.3) is 5.91 Å². The highest BCUT2D eigenvalue weighted by atomic mass is 16.1. The molecule has 4 heteroatoms. The Kier molecular flexibility index (Phi) is 4.20. The van der Waals surface area contributed by atoms with Gasteiger partial charge in [0.15, 0.2) is 0 Å². The molecule has 0 spiro atoms. The van der Waals surface area contributed by atoms with E-state index in [9.17, 15) is 4.79 Å². The van der Waals surface area contributed by atoms with Crippen LogP contribution in [0.2, 0.25) is 0 Å². The molecule has 1 aromatic rings. The van der Waals surface area contributed by atoms with Crippen molar-refractivity contribution < 1.29 is 4.79 Å². The van der Waals surface area contributed by atoms with Crippen molar-refractivity contribution in [3.63, 3.8) is 0 Å². The second-order valence-electron chi connectivity index (χ2n) is 4.88. The fourth-order valence-corrected chi connectivity index (χ4v) is 2.25. The molecule has 1 fully saturated rings. The maximum atomic E-state index is 11.4. The summed E-state index contributed by atoms with van der Waals surface area (Å²) in [4.78, 5) is 13.8. The van der Waals surface area contributed by atoms with Crippen molar-refractivity contribution in [3.05, 3.63) is 29.8 Å². The Morgan fingerprint density at radius 1 is 1.22 bits per heavy atom. The van der Waals surface area contributed by atoms with Crippen LogP contribution in [0, 0.1) is 0 Å². The summed E-state index contributed by atoms with van der Waals surface area (Å²) >= 11 is 0. The summed E-state index contributed by atoms with van der Waals surface area (Å²) in [6, 6.07) is 8.21. The number of piperidine rings is 1. The SMILES string of the molecule is CNC(=O)c1ccc(NC2CCN(C)CC2)cc1. The van der Waals surface area contributed by atoms with Crippen molar-refractivity contribution in [1.82, 2.24) is 10.2 Å². The topological polar surface area (TPSA) is 44.4 Å². The van der Waals surface area contributed by atoms with Gasteiger partial charge in [-0.05, 0) is 57.2 Å². The van der Waals surface area contributed by atoms with Crippen molar-refractivity contribution in [2.45, 2.75) is 18.9 Å². The zero-order valence-corrected chi connectivity index (χ0v) is 11.1. The number of hydrogen-bond acceptors (Lipinski definition) is 3. The molecule has 1 aromatic carbocycles. The summed E-state index contributed by atoms with van der Waals surface area (Å²) in [5, 5.41) is 6.15. The molecule has 98 valence electrons. The Hall–Kier alpha value is -1.55. The predicted molar refractivity (Wildman–Crippen MR) is 74.0 cm³/mol. The van der Waals surface area contributed by atoms with Crippen LogP contribution in [-0.2, 0) is 0 Å². The monoisotopic (exact) mass is 247 g/mol. The molecule has 18 heavy (non-hydrogen) atoms. The first-order valence-corrected chi connectivity index (χ1v) is 6.46. The standard InChI is InChI=1S/C14H21N3O/c1-15-14(18)11-3-5-12(6-4-11)16-13-7-9-17(2)10-8-13/h3-6,13,16H,7-10H2,1-2H3,(H,15,18). The van der Waals surface area contributed by atoms with Gasteiger partial charge in [-0.1, -0.05) is 0 Å². The zero-order valence-electron chi connectivity index (χ0n) is 11.1. The number of carbonyl (C=O) groups is 1. The van der Waals surface area contributed by atoms with Crippen LogP contribution in [0.15, 0.2) is 24.3 Å². The van der Waals surface area contributed by atoms with E-state index in [4.69, 9.17) is 0 Å². The van der Waals surface area contributed by atoms with Gasteiger partial charge in [-0.25, -0.2) is 0 Å². The van der Waals surface area contributed by atoms with E-state index in [0.717, 1.165) is 18.8 Å². The highest BCUT2D eigenvalue weighted by molar-refractivity contribution is 5.94. The van der Waals surface area contributed by atoms with Gasteiger partial charge in [0.05, 0.1) is 0 Å². The van der Waals surface area contributed by atoms with E-state index < -0.39 is 0 Å². The van der Waals surface area contributed by atoms with E-state index in [1.165, 1.54) is 12.8 Å². The number of anilines is 1. The van der Waals surface area contributed by atoms with Crippen LogP contribution in [0.4, 0.5) is 5.69 Å². The minimum atomic E-state index is -0.0409. The van der Waals surface area contributed by atoms with E-state index in [0.29, 0.717) is 11.6 Å². The van der Waals surface area contributed by atoms with E-state index in [1.54, 1.807) is 7.05 Å². The summed E-state index contributed by atoms with van der Waals surface area (Å²) in [6.07, 6.45) is 2.35. The summed E-state index contributed by atoms with van der Waals surface area (Å²) < 4.78 is 0. The van der Waals surface area contributed by atoms with Crippen LogP contribution < -0.4 is 10.6 Å². The predicted octanol–water partition coefficient (Wildman–Crippen LogP) is 1.55. The Morgan fingerprint density at radius 2 is 1.83 bits per heavy atom. The van der Waals surface area contributed by atoms with Gasteiger partial charge >= 0.3 is 0 Å². The fraction of sp³-hybridized carbons (Fsp3) is 0.500. The first kappa shape index (κ1) is 12.9. The number of amides is 1. The molecule has 0 aliphatic carbocycles. The molecular formula is C14H21N3O. The van der Waals surface area contributed by atoms with Gasteiger partial charge in [0, 0.05) is 24.3 Å². The molecular weight excluding hydrogens is 226 g/mol. The minimum Gasteiger partial charge on any atom is -0.382 e. The van der Waals surface area contributed by atoms with E-state index in [-0.39, 0.29) is 5.91 Å². The number of nitrogens with zero attached hydrogens (tertiary/aromatic N) is 1. The summed E-state index contributed by atoms with van der Waals surface area (Å²) in [6.45, 7) is 2.29. The highest BCUT2D eigenvalue weighted by Gasteiger charge is 2.16. The average Bonchev–Trinajstić information content (AvgIpc) is 2.41. The molecule has 1 amide bonds. The van der Waals surface area contributed by atoms with Crippen molar-refractivity contribution in [1.29, 1.82) is 0 Å². The molecule has 0 radical (unpaired) electrons. The summed E-state index contributed by atoms with van der Waals surface area (Å²) in [7, 11) is 3.81. The van der Waals surface area contributed by atoms with Gasteiger partial charge in [-0.15, -0.1) is 0 Å². The number of carbonyl (C=O) groups excluding carboxylic acids is 1. The molecule has 2 rings (SSSR count). The Labute approximate surface area is 108 Å². The second kappa shape index (κ2) is 5.87. The number of likely N-dealkylation sites (tertiary alicyclic amines) is 1. The van der Waals surface area contributed by atoms with Crippen molar-refractivity contribution in [3.8, 4) is 0 Å². The van der Waals surface area contributed by atoms with Crippen LogP contribution in [0.3, 0.4) is 0 Å². The summed E-state index contributed by atoms with van der Waals surface area (Å²) in [5.74, 6) is -0.0409. The lowest BCUT2D eigenvalue weighted by atomic mass is 10.0. The van der Waals surface area contributed by atoms with Crippen LogP contribution in [-0.4, -0.2) is 44.0 Å². The molecule has 0 bridgehead atoms. The van der Waals surface area contributed by atoms with Crippen molar-refractivity contribution in [2.24, 2.45) is 0 Å². The van der Waals surface area contributed by atoms with Gasteiger partial charge in [0.1, 0.15) is 0 Å². The summed E-state index contributed by atoms with van der Waals surface area (Å²) in [5.41, 5.74) is 1.80. The third-order valence-electron chi connectivity index (χ3n) is 3.46. The third kappa shape index (κ3) is 3.23. The van der Waals surface area contributed by atoms with Crippen LogP contribution >= 0.6 is 0 Å². The fourth-order valence-electron chi connectivity index (χ4n) is 2.25. The van der Waals surface area contributed by atoms with E-state index in [2.05, 4.69) is 22.6 Å². The molecule has 1 aliphatic heterocycles. The van der Waals surface area contributed by atoms with Crippen molar-refractivity contribution in [2.75, 3.05) is 32.5 Å². The van der Waals surface area contributed by atoms with E-state index >= 15 is 0 Å². The van der Waals surface area contributed by atoms with Crippen LogP contribution in [0.25, 0.3) is 0 Å². The molecule has 1 heterocycles. The number of nitrogens with one attached hydrogen (secondary N) is 2. The first-order valence-electron chi connectivity index (χ1n) is 6.46. The average molecular weight is 247 g/mol. The Morgan fingerprint density at radius 3 is 2.39 bits per heavy atom. The molecule has 2 N–H and O–H groups in total. The molecule has 0 aromatic heterocycles. The van der Waals surface area contributed by atoms with Gasteiger partial charge in [-0.2, -0.15) is 0 Å². The smallest absolute Gasteiger partial charge is 0.251 e. The number of rotatable bonds is 3. The lowest BCUT2D eigenvalue weighted by Crippen LogP contribution is -2.36. The van der Waals surface area contributed by atoms with Gasteiger partial charge < -0.3 is 15.5 Å². The molecule has 1 aliphatic rings. The molecule has 0 saturated carbocycles. The zero-order chi connectivity index (χ0) is 13.0. The second-order valence-corrected chi connectivity index (χ2v) is 4.88. The van der Waals surface area contributed by atoms with Crippen LogP contribution in [0.5, 0.6) is 0 Å². The van der Waals surface area contributed by atoms with Gasteiger partial charge in [-0.3, -0.25) is 4.79 Å². The maximum Gasteiger partial charge on any atom is 0.251 e. The van der Waals surface area contributed by atoms with Crippen molar-refractivity contribution >= 4 is 11.6 Å². The number of benzene rings is 1. The maximum absolute atomic E-state index is 11.4. The minimum absolute atomic E-state index is 0.0409. The van der Waals surface area contributed by atoms with Gasteiger partial charge in [0.2, 0.25) is 0 Å². The molecule has 1 saturated heterocycles. The number of hydrogen-bond donors (Lipinski definition) is 2.